The molecular weight excluding hydrogens is 442 g/mol. The number of anilines is 1. The van der Waals surface area contributed by atoms with Gasteiger partial charge in [0.2, 0.25) is 0 Å². The van der Waals surface area contributed by atoms with Crippen LogP contribution in [-0.4, -0.2) is 10.8 Å². The number of nitro groups is 1. The number of non-ortho nitro benzene ring substituents is 1. The topological polar surface area (TPSA) is 105 Å². The van der Waals surface area contributed by atoms with Crippen LogP contribution in [0.4, 0.5) is 11.4 Å². The van der Waals surface area contributed by atoms with Crippen LogP contribution < -0.4 is 10.1 Å². The lowest BCUT2D eigenvalue weighted by Crippen LogP contribution is -2.14. The van der Waals surface area contributed by atoms with Crippen LogP contribution in [0, 0.1) is 21.4 Å². The molecule has 0 spiro atoms. The van der Waals surface area contributed by atoms with Crippen LogP contribution in [-0.2, 0) is 17.8 Å². The van der Waals surface area contributed by atoms with Crippen molar-refractivity contribution in [3.05, 3.63) is 104 Å². The monoisotopic (exact) mass is 461 g/mol. The van der Waals surface area contributed by atoms with Gasteiger partial charge in [0.05, 0.1) is 9.95 Å². The van der Waals surface area contributed by atoms with Gasteiger partial charge in [0.25, 0.3) is 11.6 Å². The number of hydrogen-bond acceptors (Lipinski definition) is 5. The molecular formula is C25H20ClN3O4. The number of halogens is 1. The third kappa shape index (κ3) is 6.19. The van der Waals surface area contributed by atoms with Crippen molar-refractivity contribution in [2.24, 2.45) is 0 Å². The number of carbonyl (C=O) groups excluding carboxylic acids is 1. The van der Waals surface area contributed by atoms with Gasteiger partial charge in [-0.2, -0.15) is 5.26 Å². The van der Waals surface area contributed by atoms with Crippen molar-refractivity contribution in [1.82, 2.24) is 0 Å². The first-order valence-corrected chi connectivity index (χ1v) is 10.5. The molecule has 0 aliphatic rings. The normalized spacial score (nSPS) is 10.9. The van der Waals surface area contributed by atoms with E-state index in [1.807, 2.05) is 31.2 Å². The average molecular weight is 462 g/mol. The predicted octanol–water partition coefficient (Wildman–Crippen LogP) is 5.94. The molecule has 0 radical (unpaired) electrons. The highest BCUT2D eigenvalue weighted by atomic mass is 35.5. The average Bonchev–Trinajstić information content (AvgIpc) is 2.82. The maximum atomic E-state index is 12.6. The van der Waals surface area contributed by atoms with Crippen molar-refractivity contribution in [3.63, 3.8) is 0 Å². The summed E-state index contributed by atoms with van der Waals surface area (Å²) in [5.41, 5.74) is 2.72. The molecule has 0 saturated carbocycles. The van der Waals surface area contributed by atoms with Crippen molar-refractivity contribution < 1.29 is 14.5 Å². The van der Waals surface area contributed by atoms with Crippen molar-refractivity contribution >= 4 is 35.0 Å². The first-order chi connectivity index (χ1) is 15.9. The van der Waals surface area contributed by atoms with Crippen LogP contribution in [0.5, 0.6) is 5.75 Å². The van der Waals surface area contributed by atoms with Crippen molar-refractivity contribution in [2.45, 2.75) is 20.0 Å². The molecule has 3 rings (SSSR count). The summed E-state index contributed by atoms with van der Waals surface area (Å²) in [6.45, 7) is 2.08. The molecule has 3 aromatic rings. The Morgan fingerprint density at radius 1 is 1.18 bits per heavy atom. The smallest absolute Gasteiger partial charge is 0.269 e. The van der Waals surface area contributed by atoms with Crippen molar-refractivity contribution in [3.8, 4) is 11.8 Å². The molecule has 0 bridgehead atoms. The summed E-state index contributed by atoms with van der Waals surface area (Å²) in [7, 11) is 0. The Balaban J connectivity index is 1.72. The second-order valence-corrected chi connectivity index (χ2v) is 7.45. The number of carbonyl (C=O) groups is 1. The highest BCUT2D eigenvalue weighted by Gasteiger charge is 2.12. The summed E-state index contributed by atoms with van der Waals surface area (Å²) in [6, 6.07) is 20.3. The Morgan fingerprint density at radius 3 is 2.67 bits per heavy atom. The molecule has 0 unspecified atom stereocenters. The molecule has 0 aliphatic heterocycles. The highest BCUT2D eigenvalue weighted by Crippen LogP contribution is 2.28. The van der Waals surface area contributed by atoms with Crippen LogP contribution in [0.25, 0.3) is 6.08 Å². The van der Waals surface area contributed by atoms with E-state index in [0.717, 1.165) is 12.0 Å². The summed E-state index contributed by atoms with van der Waals surface area (Å²) in [4.78, 5) is 23.0. The third-order valence-corrected chi connectivity index (χ3v) is 5.09. The van der Waals surface area contributed by atoms with E-state index in [2.05, 4.69) is 5.32 Å². The summed E-state index contributed by atoms with van der Waals surface area (Å²) < 4.78 is 5.68. The molecule has 0 aliphatic carbocycles. The Kier molecular flexibility index (Phi) is 7.79. The number of hydrogen-bond donors (Lipinski definition) is 1. The van der Waals surface area contributed by atoms with E-state index in [1.54, 1.807) is 36.4 Å². The standard InChI is InChI=1S/C25H20ClN3O4/c1-2-19-7-3-4-9-23(19)28-25(30)20(15-27)12-17-10-11-24(22(26)14-17)33-16-18-6-5-8-21(13-18)29(31)32/h3-14H,2,16H2,1H3,(H,28,30)/b20-12+. The second-order valence-electron chi connectivity index (χ2n) is 7.04. The third-order valence-electron chi connectivity index (χ3n) is 4.79. The quantitative estimate of drug-likeness (QED) is 0.193. The van der Waals surface area contributed by atoms with Crippen molar-refractivity contribution in [1.29, 1.82) is 5.26 Å². The van der Waals surface area contributed by atoms with Gasteiger partial charge in [-0.25, -0.2) is 0 Å². The van der Waals surface area contributed by atoms with Gasteiger partial charge >= 0.3 is 0 Å². The Bertz CT molecular complexity index is 1260. The highest BCUT2D eigenvalue weighted by molar-refractivity contribution is 6.32. The van der Waals surface area contributed by atoms with Gasteiger partial charge in [-0.15, -0.1) is 0 Å². The van der Waals surface area contributed by atoms with E-state index < -0.39 is 10.8 Å². The summed E-state index contributed by atoms with van der Waals surface area (Å²) in [5.74, 6) is -0.138. The Hall–Kier alpha value is -4.15. The van der Waals surface area contributed by atoms with Gasteiger partial charge in [0.1, 0.15) is 24.0 Å². The SMILES string of the molecule is CCc1ccccc1NC(=O)/C(C#N)=C/c1ccc(OCc2cccc([N+](=O)[O-])c2)c(Cl)c1. The largest absolute Gasteiger partial charge is 0.487 e. The summed E-state index contributed by atoms with van der Waals surface area (Å²) in [5, 5.41) is 23.4. The number of amides is 1. The minimum atomic E-state index is -0.513. The van der Waals surface area contributed by atoms with E-state index in [0.29, 0.717) is 22.6 Å². The maximum Gasteiger partial charge on any atom is 0.269 e. The van der Waals surface area contributed by atoms with Crippen molar-refractivity contribution in [2.75, 3.05) is 5.32 Å². The summed E-state index contributed by atoms with van der Waals surface area (Å²) in [6.07, 6.45) is 2.19. The minimum absolute atomic E-state index is 0.0217. The van der Waals surface area contributed by atoms with Crippen LogP contribution in [0.3, 0.4) is 0 Å². The maximum absolute atomic E-state index is 12.6. The number of ether oxygens (including phenoxy) is 1. The van der Waals surface area contributed by atoms with Gasteiger partial charge < -0.3 is 10.1 Å². The number of benzene rings is 3. The lowest BCUT2D eigenvalue weighted by molar-refractivity contribution is -0.384. The number of nitro benzene ring substituents is 1. The molecule has 0 heterocycles. The molecule has 1 amide bonds. The number of nitrogens with zero attached hydrogens (tertiary/aromatic N) is 2. The fourth-order valence-electron chi connectivity index (χ4n) is 3.10. The van der Waals surface area contributed by atoms with E-state index in [9.17, 15) is 20.2 Å². The molecule has 1 N–H and O–H groups in total. The van der Waals surface area contributed by atoms with E-state index >= 15 is 0 Å². The van der Waals surface area contributed by atoms with Gasteiger partial charge in [-0.3, -0.25) is 14.9 Å². The fraction of sp³-hybridized carbons (Fsp3) is 0.120. The number of para-hydroxylation sites is 1. The number of rotatable bonds is 8. The van der Waals surface area contributed by atoms with E-state index in [-0.39, 0.29) is 22.9 Å². The van der Waals surface area contributed by atoms with Crippen LogP contribution in [0.2, 0.25) is 5.02 Å². The van der Waals surface area contributed by atoms with Gasteiger partial charge in [0.15, 0.2) is 0 Å². The predicted molar refractivity (Wildman–Crippen MR) is 127 cm³/mol. The minimum Gasteiger partial charge on any atom is -0.487 e. The Labute approximate surface area is 196 Å². The van der Waals surface area contributed by atoms with Gasteiger partial charge in [0, 0.05) is 17.8 Å². The van der Waals surface area contributed by atoms with Crippen LogP contribution in [0.15, 0.2) is 72.3 Å². The zero-order valence-corrected chi connectivity index (χ0v) is 18.5. The molecule has 0 aromatic heterocycles. The molecule has 0 saturated heterocycles. The first kappa shape index (κ1) is 23.5. The number of aryl methyl sites for hydroxylation is 1. The number of nitriles is 1. The zero-order chi connectivity index (χ0) is 23.8. The second kappa shape index (κ2) is 10.9. The summed E-state index contributed by atoms with van der Waals surface area (Å²) >= 11 is 6.31. The molecule has 7 nitrogen and oxygen atoms in total. The zero-order valence-electron chi connectivity index (χ0n) is 17.7. The molecule has 166 valence electrons. The lowest BCUT2D eigenvalue weighted by atomic mass is 10.1. The molecule has 3 aromatic carbocycles. The molecule has 0 fully saturated rings. The van der Waals surface area contributed by atoms with Gasteiger partial charge in [-0.05, 0) is 47.4 Å². The molecule has 0 atom stereocenters. The van der Waals surface area contributed by atoms with Crippen LogP contribution >= 0.6 is 11.6 Å². The van der Waals surface area contributed by atoms with Crippen LogP contribution in [0.1, 0.15) is 23.6 Å². The molecule has 33 heavy (non-hydrogen) atoms. The van der Waals surface area contributed by atoms with E-state index in [1.165, 1.54) is 18.2 Å². The number of nitrogens with one attached hydrogen (secondary N) is 1. The first-order valence-electron chi connectivity index (χ1n) is 10.1. The Morgan fingerprint density at radius 2 is 1.97 bits per heavy atom. The van der Waals surface area contributed by atoms with Gasteiger partial charge in [-0.1, -0.05) is 54.9 Å². The molecule has 8 heteroatoms. The lowest BCUT2D eigenvalue weighted by Gasteiger charge is -2.10. The van der Waals surface area contributed by atoms with E-state index in [4.69, 9.17) is 16.3 Å². The fourth-order valence-corrected chi connectivity index (χ4v) is 3.34.